The molecule has 0 amide bonds. The summed E-state index contributed by atoms with van der Waals surface area (Å²) in [6, 6.07) is 3.81. The molecule has 92 valence electrons. The molecule has 1 aliphatic rings. The van der Waals surface area contributed by atoms with E-state index in [2.05, 4.69) is 0 Å². The Labute approximate surface area is 98.8 Å². The number of nitro groups is 1. The molecule has 0 aliphatic heterocycles. The van der Waals surface area contributed by atoms with E-state index >= 15 is 0 Å². The van der Waals surface area contributed by atoms with Crippen LogP contribution in [0.4, 0.5) is 10.1 Å². The van der Waals surface area contributed by atoms with Crippen molar-refractivity contribution in [2.75, 3.05) is 0 Å². The Morgan fingerprint density at radius 3 is 2.41 bits per heavy atom. The lowest BCUT2D eigenvalue weighted by Crippen LogP contribution is -2.45. The number of halogens is 1. The number of hydrogen-bond donors (Lipinski definition) is 1. The molecule has 0 radical (unpaired) electrons. The van der Waals surface area contributed by atoms with Gasteiger partial charge in [-0.25, -0.2) is 4.39 Å². The van der Waals surface area contributed by atoms with Crippen LogP contribution in [0.1, 0.15) is 32.3 Å². The summed E-state index contributed by atoms with van der Waals surface area (Å²) in [5.74, 6) is -0.532. The van der Waals surface area contributed by atoms with E-state index in [0.29, 0.717) is 5.56 Å². The molecule has 0 unspecified atom stereocenters. The van der Waals surface area contributed by atoms with Gasteiger partial charge in [-0.2, -0.15) is 0 Å². The number of nitrogens with zero attached hydrogens (tertiary/aromatic N) is 1. The van der Waals surface area contributed by atoms with Gasteiger partial charge in [0.2, 0.25) is 0 Å². The minimum absolute atomic E-state index is 0.225. The van der Waals surface area contributed by atoms with Crippen molar-refractivity contribution >= 4 is 5.69 Å². The number of nitrogens with two attached hydrogens (primary N) is 1. The highest BCUT2D eigenvalue weighted by Crippen LogP contribution is 2.55. The Balaban J connectivity index is 2.45. The lowest BCUT2D eigenvalue weighted by Gasteiger charge is -2.31. The first-order valence-corrected chi connectivity index (χ1v) is 5.51. The molecule has 0 spiro atoms. The molecular weight excluding hydrogens is 223 g/mol. The average molecular weight is 238 g/mol. The molecule has 5 heteroatoms. The molecule has 1 aromatic carbocycles. The molecule has 0 bridgehead atoms. The highest BCUT2D eigenvalue weighted by atomic mass is 19.1. The Morgan fingerprint density at radius 1 is 1.47 bits per heavy atom. The third kappa shape index (κ3) is 1.80. The van der Waals surface area contributed by atoms with E-state index in [1.54, 1.807) is 0 Å². The third-order valence-corrected chi connectivity index (χ3v) is 3.66. The standard InChI is InChI=1S/C12H15FN2O2/c1-11(2,14)12(5-6-12)9-4-3-8(15(16)17)7-10(9)13/h3-4,7H,5-6,14H2,1-2H3. The van der Waals surface area contributed by atoms with Crippen molar-refractivity contribution in [3.05, 3.63) is 39.7 Å². The van der Waals surface area contributed by atoms with Crippen molar-refractivity contribution in [1.29, 1.82) is 0 Å². The van der Waals surface area contributed by atoms with E-state index in [4.69, 9.17) is 5.73 Å². The van der Waals surface area contributed by atoms with Crippen LogP contribution in [0.2, 0.25) is 0 Å². The van der Waals surface area contributed by atoms with Gasteiger partial charge in [0.25, 0.3) is 5.69 Å². The second kappa shape index (κ2) is 3.50. The van der Waals surface area contributed by atoms with Crippen LogP contribution in [0.3, 0.4) is 0 Å². The normalized spacial score (nSPS) is 17.9. The van der Waals surface area contributed by atoms with Crippen LogP contribution in [0.15, 0.2) is 18.2 Å². The Kier molecular flexibility index (Phi) is 2.47. The lowest BCUT2D eigenvalue weighted by molar-refractivity contribution is -0.385. The number of hydrogen-bond acceptors (Lipinski definition) is 3. The zero-order valence-electron chi connectivity index (χ0n) is 9.87. The number of non-ortho nitro benzene ring substituents is 1. The van der Waals surface area contributed by atoms with Crippen molar-refractivity contribution in [1.82, 2.24) is 0 Å². The maximum atomic E-state index is 13.9. The molecule has 4 nitrogen and oxygen atoms in total. The predicted octanol–water partition coefficient (Wildman–Crippen LogP) is 2.50. The van der Waals surface area contributed by atoms with Crippen LogP contribution in [0, 0.1) is 15.9 Å². The molecule has 17 heavy (non-hydrogen) atoms. The van der Waals surface area contributed by atoms with E-state index in [1.807, 2.05) is 13.8 Å². The fourth-order valence-corrected chi connectivity index (χ4v) is 2.39. The average Bonchev–Trinajstić information content (AvgIpc) is 2.97. The van der Waals surface area contributed by atoms with Gasteiger partial charge in [0, 0.05) is 17.0 Å². The number of benzene rings is 1. The van der Waals surface area contributed by atoms with Crippen LogP contribution < -0.4 is 5.73 Å². The van der Waals surface area contributed by atoms with Gasteiger partial charge in [-0.3, -0.25) is 10.1 Å². The summed E-state index contributed by atoms with van der Waals surface area (Å²) in [6.45, 7) is 3.72. The fourth-order valence-electron chi connectivity index (χ4n) is 2.39. The molecule has 2 N–H and O–H groups in total. The molecule has 0 saturated heterocycles. The topological polar surface area (TPSA) is 69.2 Å². The van der Waals surface area contributed by atoms with Gasteiger partial charge in [0.05, 0.1) is 11.0 Å². The van der Waals surface area contributed by atoms with Gasteiger partial charge < -0.3 is 5.73 Å². The first-order valence-electron chi connectivity index (χ1n) is 5.51. The SMILES string of the molecule is CC(C)(N)C1(c2ccc([N+](=O)[O-])cc2F)CC1. The number of rotatable bonds is 3. The van der Waals surface area contributed by atoms with Crippen LogP contribution in [0.5, 0.6) is 0 Å². The zero-order valence-corrected chi connectivity index (χ0v) is 9.87. The molecule has 1 saturated carbocycles. The highest BCUT2D eigenvalue weighted by Gasteiger charge is 2.55. The van der Waals surface area contributed by atoms with Crippen molar-refractivity contribution in [2.24, 2.45) is 5.73 Å². The lowest BCUT2D eigenvalue weighted by atomic mass is 9.79. The van der Waals surface area contributed by atoms with E-state index in [1.165, 1.54) is 12.1 Å². The van der Waals surface area contributed by atoms with E-state index in [-0.39, 0.29) is 11.1 Å². The van der Waals surface area contributed by atoms with Crippen molar-refractivity contribution in [3.8, 4) is 0 Å². The van der Waals surface area contributed by atoms with E-state index in [0.717, 1.165) is 18.9 Å². The summed E-state index contributed by atoms with van der Waals surface area (Å²) in [5.41, 5.74) is 5.45. The van der Waals surface area contributed by atoms with Crippen LogP contribution >= 0.6 is 0 Å². The summed E-state index contributed by atoms with van der Waals surface area (Å²) in [7, 11) is 0. The van der Waals surface area contributed by atoms with Gasteiger partial charge in [-0.1, -0.05) is 0 Å². The summed E-state index contributed by atoms with van der Waals surface area (Å²) < 4.78 is 13.9. The van der Waals surface area contributed by atoms with Gasteiger partial charge >= 0.3 is 0 Å². The van der Waals surface area contributed by atoms with Gasteiger partial charge in [-0.15, -0.1) is 0 Å². The first-order chi connectivity index (χ1) is 7.78. The quantitative estimate of drug-likeness (QED) is 0.649. The molecule has 1 aromatic rings. The van der Waals surface area contributed by atoms with Crippen LogP contribution in [-0.4, -0.2) is 10.5 Å². The first kappa shape index (κ1) is 12.0. The summed E-state index contributed by atoms with van der Waals surface area (Å²) in [6.07, 6.45) is 1.65. The molecule has 1 aliphatic carbocycles. The van der Waals surface area contributed by atoms with Crippen molar-refractivity contribution in [2.45, 2.75) is 37.6 Å². The summed E-state index contributed by atoms with van der Waals surface area (Å²) in [4.78, 5) is 9.94. The molecule has 0 heterocycles. The highest BCUT2D eigenvalue weighted by molar-refractivity contribution is 5.43. The van der Waals surface area contributed by atoms with E-state index < -0.39 is 16.3 Å². The van der Waals surface area contributed by atoms with E-state index in [9.17, 15) is 14.5 Å². The van der Waals surface area contributed by atoms with Crippen molar-refractivity contribution < 1.29 is 9.31 Å². The molecular formula is C12H15FN2O2. The summed E-state index contributed by atoms with van der Waals surface area (Å²) >= 11 is 0. The van der Waals surface area contributed by atoms with Crippen molar-refractivity contribution in [3.63, 3.8) is 0 Å². The third-order valence-electron chi connectivity index (χ3n) is 3.66. The maximum absolute atomic E-state index is 13.9. The smallest absolute Gasteiger partial charge is 0.272 e. The monoisotopic (exact) mass is 238 g/mol. The molecule has 1 fully saturated rings. The molecule has 0 atom stereocenters. The fraction of sp³-hybridized carbons (Fsp3) is 0.500. The molecule has 0 aromatic heterocycles. The second-order valence-corrected chi connectivity index (χ2v) is 5.23. The molecule has 2 rings (SSSR count). The minimum Gasteiger partial charge on any atom is -0.325 e. The second-order valence-electron chi connectivity index (χ2n) is 5.23. The largest absolute Gasteiger partial charge is 0.325 e. The minimum atomic E-state index is -0.597. The Bertz CT molecular complexity index is 476. The Morgan fingerprint density at radius 2 is 2.06 bits per heavy atom. The van der Waals surface area contributed by atoms with Gasteiger partial charge in [0.1, 0.15) is 5.82 Å². The van der Waals surface area contributed by atoms with Crippen LogP contribution in [0.25, 0.3) is 0 Å². The number of nitro benzene ring substituents is 1. The van der Waals surface area contributed by atoms with Crippen LogP contribution in [-0.2, 0) is 5.41 Å². The van der Waals surface area contributed by atoms with Gasteiger partial charge in [0.15, 0.2) is 0 Å². The Hall–Kier alpha value is -1.49. The predicted molar refractivity (Wildman–Crippen MR) is 62.2 cm³/mol. The van der Waals surface area contributed by atoms with Gasteiger partial charge in [-0.05, 0) is 38.3 Å². The maximum Gasteiger partial charge on any atom is 0.272 e. The summed E-state index contributed by atoms with van der Waals surface area (Å²) in [5, 5.41) is 10.5. The zero-order chi connectivity index (χ0) is 12.8.